The molecule has 2 amide bonds. The van der Waals surface area contributed by atoms with Gasteiger partial charge in [0.2, 0.25) is 0 Å². The number of urea groups is 1. The number of ether oxygens (including phenoxy) is 1. The van der Waals surface area contributed by atoms with E-state index in [2.05, 4.69) is 10.6 Å². The fourth-order valence-corrected chi connectivity index (χ4v) is 2.01. The van der Waals surface area contributed by atoms with Crippen molar-refractivity contribution in [1.82, 2.24) is 10.6 Å². The molecule has 0 bridgehead atoms. The van der Waals surface area contributed by atoms with Crippen molar-refractivity contribution in [2.24, 2.45) is 0 Å². The van der Waals surface area contributed by atoms with Gasteiger partial charge in [0.05, 0.1) is 0 Å². The van der Waals surface area contributed by atoms with Crippen molar-refractivity contribution in [2.75, 3.05) is 6.73 Å². The summed E-state index contributed by atoms with van der Waals surface area (Å²) in [7, 11) is 0. The van der Waals surface area contributed by atoms with Gasteiger partial charge in [0, 0.05) is 6.54 Å². The predicted octanol–water partition coefficient (Wildman–Crippen LogP) is 3.22. The molecule has 2 aromatic carbocycles. The van der Waals surface area contributed by atoms with Crippen LogP contribution in [0.2, 0.25) is 0 Å². The first-order valence-corrected chi connectivity index (χ1v) is 7.16. The fraction of sp³-hybridized carbons (Fsp3) is 0.235. The summed E-state index contributed by atoms with van der Waals surface area (Å²) >= 11 is 0. The van der Waals surface area contributed by atoms with Crippen molar-refractivity contribution >= 4 is 6.03 Å². The number of rotatable bonds is 6. The Bertz CT molecular complexity index is 632. The summed E-state index contributed by atoms with van der Waals surface area (Å²) < 4.78 is 18.5. The maximum absolute atomic E-state index is 13.0. The van der Waals surface area contributed by atoms with Gasteiger partial charge in [-0.3, -0.25) is 0 Å². The highest BCUT2D eigenvalue weighted by atomic mass is 19.1. The molecule has 0 unspecified atom stereocenters. The summed E-state index contributed by atoms with van der Waals surface area (Å²) in [6, 6.07) is 13.4. The molecular weight excluding hydrogens is 283 g/mol. The molecule has 0 heterocycles. The number of carbonyl (C=O) groups is 1. The third kappa shape index (κ3) is 4.77. The van der Waals surface area contributed by atoms with E-state index in [1.807, 2.05) is 31.2 Å². The lowest BCUT2D eigenvalue weighted by Crippen LogP contribution is -2.37. The van der Waals surface area contributed by atoms with Gasteiger partial charge >= 0.3 is 6.03 Å². The van der Waals surface area contributed by atoms with E-state index in [0.29, 0.717) is 5.56 Å². The molecule has 0 aliphatic heterocycles. The zero-order chi connectivity index (χ0) is 15.8. The Labute approximate surface area is 129 Å². The van der Waals surface area contributed by atoms with Gasteiger partial charge in [-0.05, 0) is 35.7 Å². The van der Waals surface area contributed by atoms with Gasteiger partial charge in [0.15, 0.2) is 6.73 Å². The Balaban J connectivity index is 1.74. The van der Waals surface area contributed by atoms with E-state index in [1.54, 1.807) is 12.1 Å². The van der Waals surface area contributed by atoms with Crippen LogP contribution in [0.4, 0.5) is 9.18 Å². The van der Waals surface area contributed by atoms with Gasteiger partial charge in [0.1, 0.15) is 11.6 Å². The number of aryl methyl sites for hydroxylation is 1. The predicted molar refractivity (Wildman–Crippen MR) is 83.1 cm³/mol. The van der Waals surface area contributed by atoms with E-state index < -0.39 is 0 Å². The molecule has 2 rings (SSSR count). The SMILES string of the molecule is CCc1ccccc1OCNC(=O)NCc1cccc(F)c1. The molecule has 5 heteroatoms. The lowest BCUT2D eigenvalue weighted by molar-refractivity contribution is 0.223. The maximum atomic E-state index is 13.0. The van der Waals surface area contributed by atoms with E-state index in [9.17, 15) is 9.18 Å². The Morgan fingerprint density at radius 1 is 1.14 bits per heavy atom. The van der Waals surface area contributed by atoms with Gasteiger partial charge in [-0.25, -0.2) is 9.18 Å². The quantitative estimate of drug-likeness (QED) is 0.805. The number of para-hydroxylation sites is 1. The molecule has 0 saturated heterocycles. The van der Waals surface area contributed by atoms with Crippen LogP contribution in [0, 0.1) is 5.82 Å². The number of nitrogens with one attached hydrogen (secondary N) is 2. The van der Waals surface area contributed by atoms with Crippen LogP contribution in [0.5, 0.6) is 5.75 Å². The largest absolute Gasteiger partial charge is 0.473 e. The van der Waals surface area contributed by atoms with E-state index in [4.69, 9.17) is 4.74 Å². The summed E-state index contributed by atoms with van der Waals surface area (Å²) in [5.74, 6) is 0.439. The topological polar surface area (TPSA) is 50.4 Å². The van der Waals surface area contributed by atoms with E-state index in [1.165, 1.54) is 12.1 Å². The molecule has 2 aromatic rings. The monoisotopic (exact) mass is 302 g/mol. The van der Waals surface area contributed by atoms with Crippen LogP contribution in [0.25, 0.3) is 0 Å². The second kappa shape index (κ2) is 8.02. The third-order valence-electron chi connectivity index (χ3n) is 3.16. The number of carbonyl (C=O) groups excluding carboxylic acids is 1. The Morgan fingerprint density at radius 3 is 2.73 bits per heavy atom. The molecule has 0 aliphatic carbocycles. The van der Waals surface area contributed by atoms with Crippen LogP contribution in [0.3, 0.4) is 0 Å². The smallest absolute Gasteiger partial charge is 0.317 e. The van der Waals surface area contributed by atoms with Crippen molar-refractivity contribution in [2.45, 2.75) is 19.9 Å². The molecule has 0 aromatic heterocycles. The highest BCUT2D eigenvalue weighted by Gasteiger charge is 2.03. The first-order valence-electron chi connectivity index (χ1n) is 7.16. The molecule has 22 heavy (non-hydrogen) atoms. The minimum absolute atomic E-state index is 0.0754. The minimum atomic E-state index is -0.363. The minimum Gasteiger partial charge on any atom is -0.473 e. The lowest BCUT2D eigenvalue weighted by atomic mass is 10.1. The molecule has 0 atom stereocenters. The van der Waals surface area contributed by atoms with Crippen molar-refractivity contribution in [3.8, 4) is 5.75 Å². The zero-order valence-electron chi connectivity index (χ0n) is 12.4. The number of halogens is 1. The highest BCUT2D eigenvalue weighted by molar-refractivity contribution is 5.73. The standard InChI is InChI=1S/C17H19FN2O2/c1-2-14-7-3-4-9-16(14)22-12-20-17(21)19-11-13-6-5-8-15(18)10-13/h3-10H,2,11-12H2,1H3,(H2,19,20,21). The molecule has 0 saturated carbocycles. The summed E-state index contributed by atoms with van der Waals surface area (Å²) in [5, 5.41) is 5.25. The summed E-state index contributed by atoms with van der Waals surface area (Å²) in [4.78, 5) is 11.7. The second-order valence-electron chi connectivity index (χ2n) is 4.74. The van der Waals surface area contributed by atoms with Crippen molar-refractivity contribution in [3.05, 3.63) is 65.5 Å². The molecule has 116 valence electrons. The molecule has 0 aliphatic rings. The van der Waals surface area contributed by atoms with Crippen LogP contribution >= 0.6 is 0 Å². The molecule has 0 radical (unpaired) electrons. The van der Waals surface area contributed by atoms with Gasteiger partial charge in [-0.15, -0.1) is 0 Å². The van der Waals surface area contributed by atoms with Gasteiger partial charge in [-0.1, -0.05) is 37.3 Å². The lowest BCUT2D eigenvalue weighted by Gasteiger charge is -2.12. The zero-order valence-corrected chi connectivity index (χ0v) is 12.4. The van der Waals surface area contributed by atoms with Gasteiger partial charge in [0.25, 0.3) is 0 Å². The summed E-state index contributed by atoms with van der Waals surface area (Å²) in [5.41, 5.74) is 1.79. The number of hydrogen-bond acceptors (Lipinski definition) is 2. The summed E-state index contributed by atoms with van der Waals surface area (Å²) in [6.45, 7) is 2.38. The Kier molecular flexibility index (Phi) is 5.77. The van der Waals surface area contributed by atoms with Gasteiger partial charge < -0.3 is 15.4 Å². The molecule has 2 N–H and O–H groups in total. The van der Waals surface area contributed by atoms with Crippen molar-refractivity contribution in [3.63, 3.8) is 0 Å². The second-order valence-corrected chi connectivity index (χ2v) is 4.74. The normalized spacial score (nSPS) is 10.1. The van der Waals surface area contributed by atoms with Crippen molar-refractivity contribution in [1.29, 1.82) is 0 Å². The van der Waals surface area contributed by atoms with Crippen LogP contribution in [0.1, 0.15) is 18.1 Å². The fourth-order valence-electron chi connectivity index (χ4n) is 2.01. The third-order valence-corrected chi connectivity index (χ3v) is 3.16. The van der Waals surface area contributed by atoms with Crippen LogP contribution < -0.4 is 15.4 Å². The Hall–Kier alpha value is -2.56. The molecular formula is C17H19FN2O2. The van der Waals surface area contributed by atoms with Crippen LogP contribution in [-0.2, 0) is 13.0 Å². The summed E-state index contributed by atoms with van der Waals surface area (Å²) in [6.07, 6.45) is 0.863. The highest BCUT2D eigenvalue weighted by Crippen LogP contribution is 2.17. The molecule has 0 fully saturated rings. The maximum Gasteiger partial charge on any atom is 0.317 e. The molecule has 4 nitrogen and oxygen atoms in total. The van der Waals surface area contributed by atoms with E-state index in [-0.39, 0.29) is 25.1 Å². The average Bonchev–Trinajstić information content (AvgIpc) is 2.53. The van der Waals surface area contributed by atoms with Gasteiger partial charge in [-0.2, -0.15) is 0 Å². The first kappa shape index (κ1) is 15.8. The average molecular weight is 302 g/mol. The number of amides is 2. The number of benzene rings is 2. The van der Waals surface area contributed by atoms with Crippen LogP contribution in [0.15, 0.2) is 48.5 Å². The Morgan fingerprint density at radius 2 is 1.95 bits per heavy atom. The van der Waals surface area contributed by atoms with E-state index in [0.717, 1.165) is 17.7 Å². The van der Waals surface area contributed by atoms with E-state index >= 15 is 0 Å². The number of hydrogen-bond donors (Lipinski definition) is 2. The molecule has 0 spiro atoms. The van der Waals surface area contributed by atoms with Crippen molar-refractivity contribution < 1.29 is 13.9 Å². The first-order chi connectivity index (χ1) is 10.7. The van der Waals surface area contributed by atoms with Crippen LogP contribution in [-0.4, -0.2) is 12.8 Å².